The number of aryl methyl sites for hydroxylation is 2. The number of hydrogen-bond donors (Lipinski definition) is 0. The van der Waals surface area contributed by atoms with Crippen LogP contribution in [0.5, 0.6) is 0 Å². The molecule has 116 valence electrons. The minimum Gasteiger partial charge on any atom is -0.297 e. The highest BCUT2D eigenvalue weighted by Gasteiger charge is 2.14. The van der Waals surface area contributed by atoms with Crippen LogP contribution in [0.15, 0.2) is 18.7 Å². The molecule has 3 aromatic rings. The Balaban J connectivity index is 1.78. The SMILES string of the molecule is Cc1nnsc1CN(C)Cc1cc(C)n(-n2cnnc2)c1C. The number of nitrogens with zero attached hydrogens (tertiary/aromatic N) is 7. The van der Waals surface area contributed by atoms with Crippen LogP contribution in [0.25, 0.3) is 0 Å². The second-order valence-corrected chi connectivity index (χ2v) is 6.34. The van der Waals surface area contributed by atoms with Gasteiger partial charge < -0.3 is 0 Å². The molecule has 0 aliphatic rings. The van der Waals surface area contributed by atoms with Gasteiger partial charge in [-0.25, -0.2) is 4.68 Å². The van der Waals surface area contributed by atoms with Gasteiger partial charge in [-0.3, -0.25) is 9.58 Å². The fraction of sp³-hybridized carbons (Fsp3) is 0.429. The van der Waals surface area contributed by atoms with Crippen molar-refractivity contribution in [2.75, 3.05) is 7.05 Å². The van der Waals surface area contributed by atoms with E-state index in [0.717, 1.165) is 24.5 Å². The van der Waals surface area contributed by atoms with E-state index in [1.807, 2.05) is 11.6 Å². The Kier molecular flexibility index (Phi) is 4.04. The molecule has 0 N–H and O–H groups in total. The van der Waals surface area contributed by atoms with Crippen LogP contribution in [0.1, 0.15) is 27.5 Å². The van der Waals surface area contributed by atoms with Gasteiger partial charge in [0.05, 0.1) is 10.6 Å². The summed E-state index contributed by atoms with van der Waals surface area (Å²) >= 11 is 1.47. The van der Waals surface area contributed by atoms with E-state index in [0.29, 0.717) is 0 Å². The number of aromatic nitrogens is 6. The first-order valence-electron chi connectivity index (χ1n) is 7.05. The second-order valence-electron chi connectivity index (χ2n) is 5.50. The van der Waals surface area contributed by atoms with E-state index in [1.165, 1.54) is 27.7 Å². The summed E-state index contributed by atoms with van der Waals surface area (Å²) in [4.78, 5) is 3.50. The minimum absolute atomic E-state index is 0.861. The van der Waals surface area contributed by atoms with Gasteiger partial charge >= 0.3 is 0 Å². The molecule has 0 aromatic carbocycles. The Morgan fingerprint density at radius 2 is 1.86 bits per heavy atom. The lowest BCUT2D eigenvalue weighted by Crippen LogP contribution is -2.18. The molecule has 0 aliphatic heterocycles. The molecule has 0 aliphatic carbocycles. The topological polar surface area (TPSA) is 64.7 Å². The monoisotopic (exact) mass is 317 g/mol. The average molecular weight is 317 g/mol. The van der Waals surface area contributed by atoms with E-state index in [-0.39, 0.29) is 0 Å². The van der Waals surface area contributed by atoms with Crippen molar-refractivity contribution in [1.82, 2.24) is 34.0 Å². The van der Waals surface area contributed by atoms with Crippen LogP contribution in [0.3, 0.4) is 0 Å². The molecule has 7 nitrogen and oxygen atoms in total. The third kappa shape index (κ3) is 2.79. The van der Waals surface area contributed by atoms with E-state index in [4.69, 9.17) is 0 Å². The van der Waals surface area contributed by atoms with Crippen LogP contribution in [-0.4, -0.2) is 41.1 Å². The minimum atomic E-state index is 0.861. The van der Waals surface area contributed by atoms with Crippen molar-refractivity contribution in [3.8, 4) is 0 Å². The third-order valence-corrected chi connectivity index (χ3v) is 4.54. The fourth-order valence-electron chi connectivity index (χ4n) is 2.62. The third-order valence-electron chi connectivity index (χ3n) is 3.74. The fourth-order valence-corrected chi connectivity index (χ4v) is 3.33. The van der Waals surface area contributed by atoms with E-state index in [1.54, 1.807) is 12.7 Å². The molecule has 3 aromatic heterocycles. The van der Waals surface area contributed by atoms with Crippen LogP contribution < -0.4 is 0 Å². The summed E-state index contributed by atoms with van der Waals surface area (Å²) in [5.41, 5.74) is 4.68. The summed E-state index contributed by atoms with van der Waals surface area (Å²) in [6.45, 7) is 7.95. The van der Waals surface area contributed by atoms with Gasteiger partial charge in [0.25, 0.3) is 0 Å². The van der Waals surface area contributed by atoms with E-state index in [2.05, 4.69) is 56.3 Å². The first-order valence-corrected chi connectivity index (χ1v) is 7.83. The second kappa shape index (κ2) is 5.98. The molecule has 3 heterocycles. The van der Waals surface area contributed by atoms with Crippen molar-refractivity contribution in [3.63, 3.8) is 0 Å². The molecule has 0 amide bonds. The van der Waals surface area contributed by atoms with Gasteiger partial charge in [0.2, 0.25) is 0 Å². The van der Waals surface area contributed by atoms with Crippen molar-refractivity contribution in [1.29, 1.82) is 0 Å². The standard InChI is InChI=1S/C14H19N7S/c1-10-5-13(12(3)21(10)20-8-15-16-9-20)6-19(4)7-14-11(2)17-18-22-14/h5,8-9H,6-7H2,1-4H3. The van der Waals surface area contributed by atoms with Crippen LogP contribution in [0.2, 0.25) is 0 Å². The molecule has 8 heteroatoms. The van der Waals surface area contributed by atoms with E-state index in [9.17, 15) is 0 Å². The average Bonchev–Trinajstić information content (AvgIpc) is 3.15. The Morgan fingerprint density at radius 3 is 2.50 bits per heavy atom. The first kappa shape index (κ1) is 14.9. The maximum atomic E-state index is 4.07. The Hall–Kier alpha value is -2.06. The summed E-state index contributed by atoms with van der Waals surface area (Å²) in [6.07, 6.45) is 3.42. The zero-order valence-corrected chi connectivity index (χ0v) is 14.0. The van der Waals surface area contributed by atoms with Gasteiger partial charge in [-0.05, 0) is 51.0 Å². The highest BCUT2D eigenvalue weighted by atomic mass is 32.1. The molecule has 0 radical (unpaired) electrons. The van der Waals surface area contributed by atoms with Crippen molar-refractivity contribution in [3.05, 3.63) is 46.2 Å². The van der Waals surface area contributed by atoms with E-state index < -0.39 is 0 Å². The summed E-state index contributed by atoms with van der Waals surface area (Å²) in [6, 6.07) is 2.21. The van der Waals surface area contributed by atoms with Crippen LogP contribution >= 0.6 is 11.5 Å². The molecular weight excluding hydrogens is 298 g/mol. The van der Waals surface area contributed by atoms with Gasteiger partial charge in [0, 0.05) is 24.5 Å². The highest BCUT2D eigenvalue weighted by Crippen LogP contribution is 2.19. The largest absolute Gasteiger partial charge is 0.297 e. The van der Waals surface area contributed by atoms with Crippen LogP contribution in [0, 0.1) is 20.8 Å². The summed E-state index contributed by atoms with van der Waals surface area (Å²) < 4.78 is 8.00. The predicted octanol–water partition coefficient (Wildman–Crippen LogP) is 1.80. The van der Waals surface area contributed by atoms with Gasteiger partial charge in [0.1, 0.15) is 12.7 Å². The maximum Gasteiger partial charge on any atom is 0.139 e. The van der Waals surface area contributed by atoms with Crippen LogP contribution in [0.4, 0.5) is 0 Å². The Bertz CT molecular complexity index is 756. The van der Waals surface area contributed by atoms with Crippen molar-refractivity contribution < 1.29 is 0 Å². The van der Waals surface area contributed by atoms with Crippen LogP contribution in [-0.2, 0) is 13.1 Å². The highest BCUT2D eigenvalue weighted by molar-refractivity contribution is 7.05. The first-order chi connectivity index (χ1) is 10.6. The molecule has 0 unspecified atom stereocenters. The molecule has 0 spiro atoms. The molecule has 0 atom stereocenters. The smallest absolute Gasteiger partial charge is 0.139 e. The zero-order valence-electron chi connectivity index (χ0n) is 13.2. The molecule has 0 saturated heterocycles. The Morgan fingerprint density at radius 1 is 1.14 bits per heavy atom. The van der Waals surface area contributed by atoms with E-state index >= 15 is 0 Å². The summed E-state index contributed by atoms with van der Waals surface area (Å²) in [7, 11) is 2.12. The number of rotatable bonds is 5. The normalized spacial score (nSPS) is 11.5. The molecular formula is C14H19N7S. The van der Waals surface area contributed by atoms with Gasteiger partial charge in [-0.2, -0.15) is 0 Å². The van der Waals surface area contributed by atoms with Crippen molar-refractivity contribution in [2.24, 2.45) is 0 Å². The van der Waals surface area contributed by atoms with Gasteiger partial charge in [0.15, 0.2) is 0 Å². The molecule has 0 fully saturated rings. The summed E-state index contributed by atoms with van der Waals surface area (Å²) in [5, 5.41) is 11.8. The lowest BCUT2D eigenvalue weighted by Gasteiger charge is -2.16. The molecule has 0 bridgehead atoms. The number of hydrogen-bond acceptors (Lipinski definition) is 6. The van der Waals surface area contributed by atoms with Gasteiger partial charge in [-0.1, -0.05) is 4.49 Å². The van der Waals surface area contributed by atoms with Gasteiger partial charge in [-0.15, -0.1) is 15.3 Å². The Labute approximate surface area is 133 Å². The van der Waals surface area contributed by atoms with Crippen molar-refractivity contribution in [2.45, 2.75) is 33.9 Å². The maximum absolute atomic E-state index is 4.07. The molecule has 0 saturated carbocycles. The summed E-state index contributed by atoms with van der Waals surface area (Å²) in [5.74, 6) is 0. The zero-order chi connectivity index (χ0) is 15.7. The lowest BCUT2D eigenvalue weighted by molar-refractivity contribution is 0.320. The lowest BCUT2D eigenvalue weighted by atomic mass is 10.2. The molecule has 22 heavy (non-hydrogen) atoms. The predicted molar refractivity (Wildman–Crippen MR) is 84.5 cm³/mol. The molecule has 3 rings (SSSR count). The quantitative estimate of drug-likeness (QED) is 0.718. The van der Waals surface area contributed by atoms with Crippen molar-refractivity contribution >= 4 is 11.5 Å².